The molecule has 0 spiro atoms. The van der Waals surface area contributed by atoms with E-state index in [-0.39, 0.29) is 18.2 Å². The molecule has 0 saturated heterocycles. The number of nitrogens with one attached hydrogen (secondary N) is 1. The van der Waals surface area contributed by atoms with Crippen molar-refractivity contribution in [3.8, 4) is 0 Å². The molecule has 5 rings (SSSR count). The summed E-state index contributed by atoms with van der Waals surface area (Å²) < 4.78 is 3.23. The SMILES string of the molecule is Cc1cc(C)c2c(C(C)n3c(=O)n([C@H](CC(=O)O)c4ccc(Cl)cc4)c4nc(C)ccc43)c[nH]c2c1. The van der Waals surface area contributed by atoms with Gasteiger partial charge >= 0.3 is 11.7 Å². The Hall–Kier alpha value is -3.84. The van der Waals surface area contributed by atoms with Gasteiger partial charge in [0.1, 0.15) is 0 Å². The number of benzene rings is 2. The van der Waals surface area contributed by atoms with Crippen molar-refractivity contribution < 1.29 is 9.90 Å². The second-order valence-electron chi connectivity index (χ2n) is 9.41. The van der Waals surface area contributed by atoms with Gasteiger partial charge in [0.25, 0.3) is 0 Å². The van der Waals surface area contributed by atoms with Gasteiger partial charge in [0.15, 0.2) is 5.65 Å². The van der Waals surface area contributed by atoms with E-state index in [0.29, 0.717) is 21.7 Å². The Labute approximate surface area is 213 Å². The van der Waals surface area contributed by atoms with Gasteiger partial charge in [-0.3, -0.25) is 13.9 Å². The number of nitrogens with zero attached hydrogens (tertiary/aromatic N) is 3. The molecule has 0 bridgehead atoms. The molecule has 2 N–H and O–H groups in total. The van der Waals surface area contributed by atoms with Crippen LogP contribution in [0.3, 0.4) is 0 Å². The van der Waals surface area contributed by atoms with Gasteiger partial charge in [-0.25, -0.2) is 9.78 Å². The number of fused-ring (bicyclic) bond motifs is 2. The van der Waals surface area contributed by atoms with Gasteiger partial charge in [0.05, 0.1) is 24.0 Å². The summed E-state index contributed by atoms with van der Waals surface area (Å²) in [6.07, 6.45) is 1.68. The molecule has 2 atom stereocenters. The number of imidazole rings is 1. The van der Waals surface area contributed by atoms with Gasteiger partial charge in [0.2, 0.25) is 0 Å². The van der Waals surface area contributed by atoms with Gasteiger partial charge in [-0.15, -0.1) is 0 Å². The van der Waals surface area contributed by atoms with E-state index < -0.39 is 12.0 Å². The van der Waals surface area contributed by atoms with Crippen molar-refractivity contribution in [3.63, 3.8) is 0 Å². The number of aliphatic carboxylic acids is 1. The van der Waals surface area contributed by atoms with E-state index in [4.69, 9.17) is 16.6 Å². The maximum Gasteiger partial charge on any atom is 0.331 e. The zero-order chi connectivity index (χ0) is 25.7. The van der Waals surface area contributed by atoms with Crippen LogP contribution < -0.4 is 5.69 Å². The molecule has 36 heavy (non-hydrogen) atoms. The van der Waals surface area contributed by atoms with E-state index in [1.807, 2.05) is 32.2 Å². The minimum atomic E-state index is -1.01. The first kappa shape index (κ1) is 23.9. The van der Waals surface area contributed by atoms with Crippen LogP contribution in [-0.2, 0) is 4.79 Å². The largest absolute Gasteiger partial charge is 0.481 e. The van der Waals surface area contributed by atoms with Crippen LogP contribution in [0.5, 0.6) is 0 Å². The normalized spacial score (nSPS) is 13.4. The Kier molecular flexibility index (Phi) is 5.96. The molecule has 2 aromatic carbocycles. The van der Waals surface area contributed by atoms with Crippen LogP contribution in [0.2, 0.25) is 5.02 Å². The summed E-state index contributed by atoms with van der Waals surface area (Å²) in [7, 11) is 0. The lowest BCUT2D eigenvalue weighted by Crippen LogP contribution is -2.31. The number of halogens is 1. The van der Waals surface area contributed by atoms with Crippen molar-refractivity contribution in [1.82, 2.24) is 19.1 Å². The van der Waals surface area contributed by atoms with Gasteiger partial charge in [0, 0.05) is 33.4 Å². The first-order valence-corrected chi connectivity index (χ1v) is 12.2. The molecule has 0 amide bonds. The number of carboxylic acids is 1. The molecule has 0 saturated carbocycles. The predicted molar refractivity (Wildman–Crippen MR) is 142 cm³/mol. The smallest absolute Gasteiger partial charge is 0.331 e. The summed E-state index contributed by atoms with van der Waals surface area (Å²) in [6.45, 7) is 7.97. The van der Waals surface area contributed by atoms with Gasteiger partial charge < -0.3 is 10.1 Å². The summed E-state index contributed by atoms with van der Waals surface area (Å²) in [4.78, 5) is 34.1. The Morgan fingerprint density at radius 3 is 2.50 bits per heavy atom. The lowest BCUT2D eigenvalue weighted by atomic mass is 10.0. The monoisotopic (exact) mass is 502 g/mol. The molecule has 0 aliphatic heterocycles. The molecule has 184 valence electrons. The summed E-state index contributed by atoms with van der Waals surface area (Å²) in [6, 6.07) is 13.8. The van der Waals surface area contributed by atoms with Crippen molar-refractivity contribution in [2.45, 2.75) is 46.2 Å². The number of carbonyl (C=O) groups is 1. The lowest BCUT2D eigenvalue weighted by molar-refractivity contribution is -0.137. The van der Waals surface area contributed by atoms with E-state index in [9.17, 15) is 14.7 Å². The molecule has 7 nitrogen and oxygen atoms in total. The van der Waals surface area contributed by atoms with Crippen molar-refractivity contribution in [2.75, 3.05) is 0 Å². The average Bonchev–Trinajstić information content (AvgIpc) is 3.36. The lowest BCUT2D eigenvalue weighted by Gasteiger charge is -2.18. The molecule has 3 aromatic heterocycles. The molecule has 0 aliphatic carbocycles. The first-order chi connectivity index (χ1) is 17.2. The third kappa shape index (κ3) is 3.99. The predicted octanol–water partition coefficient (Wildman–Crippen LogP) is 5.93. The summed E-state index contributed by atoms with van der Waals surface area (Å²) in [5, 5.41) is 11.4. The number of hydrogen-bond acceptors (Lipinski definition) is 3. The van der Waals surface area contributed by atoms with Gasteiger partial charge in [-0.05, 0) is 74.7 Å². The van der Waals surface area contributed by atoms with Crippen molar-refractivity contribution in [1.29, 1.82) is 0 Å². The Morgan fingerprint density at radius 1 is 1.08 bits per heavy atom. The number of aryl methyl sites for hydroxylation is 3. The summed E-state index contributed by atoms with van der Waals surface area (Å²) in [5.74, 6) is -1.01. The van der Waals surface area contributed by atoms with Crippen LogP contribution in [-0.4, -0.2) is 30.2 Å². The molecular formula is C28H27ClN4O3. The van der Waals surface area contributed by atoms with Crippen LogP contribution in [0.15, 0.2) is 59.5 Å². The molecule has 1 unspecified atom stereocenters. The third-order valence-corrected chi connectivity index (χ3v) is 7.07. The molecule has 0 aliphatic rings. The van der Waals surface area contributed by atoms with E-state index in [1.165, 1.54) is 4.57 Å². The minimum Gasteiger partial charge on any atom is -0.481 e. The maximum absolute atomic E-state index is 14.1. The Balaban J connectivity index is 1.77. The number of pyridine rings is 1. The molecule has 0 fully saturated rings. The highest BCUT2D eigenvalue weighted by Gasteiger charge is 2.28. The van der Waals surface area contributed by atoms with Crippen molar-refractivity contribution >= 4 is 39.6 Å². The highest BCUT2D eigenvalue weighted by Crippen LogP contribution is 2.33. The van der Waals surface area contributed by atoms with Crippen LogP contribution in [0.1, 0.15) is 53.4 Å². The quantitative estimate of drug-likeness (QED) is 0.301. The van der Waals surface area contributed by atoms with Crippen LogP contribution >= 0.6 is 11.6 Å². The van der Waals surface area contributed by atoms with E-state index in [0.717, 1.165) is 33.3 Å². The minimum absolute atomic E-state index is 0.268. The second kappa shape index (κ2) is 8.99. The molecule has 0 radical (unpaired) electrons. The number of hydrogen-bond donors (Lipinski definition) is 2. The van der Waals surface area contributed by atoms with Crippen molar-refractivity contribution in [2.24, 2.45) is 0 Å². The van der Waals surface area contributed by atoms with Crippen LogP contribution in [0.4, 0.5) is 0 Å². The summed E-state index contributed by atoms with van der Waals surface area (Å²) in [5.41, 5.74) is 6.52. The molecule has 3 heterocycles. The fourth-order valence-electron chi connectivity index (χ4n) is 5.24. The van der Waals surface area contributed by atoms with Crippen LogP contribution in [0.25, 0.3) is 22.1 Å². The maximum atomic E-state index is 14.1. The number of aromatic amines is 1. The zero-order valence-electron chi connectivity index (χ0n) is 20.5. The van der Waals surface area contributed by atoms with E-state index in [2.05, 4.69) is 31.0 Å². The Bertz CT molecular complexity index is 1680. The number of H-pyrrole nitrogens is 1. The number of aromatic nitrogens is 4. The highest BCUT2D eigenvalue weighted by atomic mass is 35.5. The number of carboxylic acid groups (broad SMARTS) is 1. The van der Waals surface area contributed by atoms with E-state index >= 15 is 0 Å². The van der Waals surface area contributed by atoms with Gasteiger partial charge in [-0.1, -0.05) is 29.8 Å². The fraction of sp³-hybridized carbons (Fsp3) is 0.250. The van der Waals surface area contributed by atoms with Gasteiger partial charge in [-0.2, -0.15) is 0 Å². The zero-order valence-corrected chi connectivity index (χ0v) is 21.3. The topological polar surface area (TPSA) is 92.9 Å². The Morgan fingerprint density at radius 2 is 1.81 bits per heavy atom. The number of rotatable bonds is 6. The molecule has 5 aromatic rings. The third-order valence-electron chi connectivity index (χ3n) is 6.82. The summed E-state index contributed by atoms with van der Waals surface area (Å²) >= 11 is 6.08. The first-order valence-electron chi connectivity index (χ1n) is 11.8. The standard InChI is InChI=1S/C28H27ClN4O3/c1-15-11-16(2)26-21(14-30-22(26)12-15)18(4)32-23-10-5-17(3)31-27(23)33(28(32)36)24(13-25(34)35)19-6-8-20(29)9-7-19/h5-12,14,18,24,30H,13H2,1-4H3,(H,34,35)/t18?,24-/m1/s1. The average molecular weight is 503 g/mol. The fourth-order valence-corrected chi connectivity index (χ4v) is 5.36. The van der Waals surface area contributed by atoms with Crippen LogP contribution in [0, 0.1) is 20.8 Å². The molecule has 8 heteroatoms. The molecular weight excluding hydrogens is 476 g/mol. The second-order valence-corrected chi connectivity index (χ2v) is 9.84. The highest BCUT2D eigenvalue weighted by molar-refractivity contribution is 6.30. The van der Waals surface area contributed by atoms with Crippen molar-refractivity contribution in [3.05, 3.63) is 98.2 Å². The van der Waals surface area contributed by atoms with E-state index in [1.54, 1.807) is 28.8 Å².